The zero-order chi connectivity index (χ0) is 24.5. The average molecular weight is 503 g/mol. The maximum Gasteiger partial charge on any atom is 0.414 e. The first-order valence-electron chi connectivity index (χ1n) is 10.9. The fourth-order valence-corrected chi connectivity index (χ4v) is 7.47. The molecule has 0 radical (unpaired) electrons. The number of fused-ring (bicyclic) bond motifs is 1. The summed E-state index contributed by atoms with van der Waals surface area (Å²) in [5.74, 6) is -2.04. The van der Waals surface area contributed by atoms with Crippen LogP contribution in [0.5, 0.6) is 0 Å². The normalized spacial score (nSPS) is 28.7. The van der Waals surface area contributed by atoms with Crippen molar-refractivity contribution in [2.75, 3.05) is 23.0 Å². The quantitative estimate of drug-likeness (QED) is 0.555. The third kappa shape index (κ3) is 3.57. The second-order valence-corrected chi connectivity index (χ2v) is 11.3. The number of carbonyl (C=O) groups is 1. The van der Waals surface area contributed by atoms with E-state index in [0.717, 1.165) is 17.0 Å². The highest BCUT2D eigenvalue weighted by Crippen LogP contribution is 2.60. The maximum atomic E-state index is 15.0. The van der Waals surface area contributed by atoms with Gasteiger partial charge in [0.15, 0.2) is 9.84 Å². The molecule has 13 heteroatoms. The Hall–Kier alpha value is -3.45. The topological polar surface area (TPSA) is 133 Å². The van der Waals surface area contributed by atoms with E-state index >= 15 is 8.78 Å². The lowest BCUT2D eigenvalue weighted by molar-refractivity contribution is 0.129. The second-order valence-electron chi connectivity index (χ2n) is 9.18. The van der Waals surface area contributed by atoms with E-state index in [-0.39, 0.29) is 53.2 Å². The Morgan fingerprint density at radius 1 is 1.17 bits per heavy atom. The highest BCUT2D eigenvalue weighted by Gasteiger charge is 2.69. The van der Waals surface area contributed by atoms with Gasteiger partial charge in [-0.1, -0.05) is 11.3 Å². The Kier molecular flexibility index (Phi) is 4.74. The van der Waals surface area contributed by atoms with Gasteiger partial charge in [-0.05, 0) is 18.2 Å². The van der Waals surface area contributed by atoms with Gasteiger partial charge in [-0.2, -0.15) is 0 Å². The van der Waals surface area contributed by atoms with Gasteiger partial charge in [-0.3, -0.25) is 9.88 Å². The Morgan fingerprint density at radius 3 is 2.49 bits per heavy atom. The van der Waals surface area contributed by atoms with Crippen LogP contribution in [-0.4, -0.2) is 58.6 Å². The molecular formula is C22H20F2N6O4S. The fourth-order valence-electron chi connectivity index (χ4n) is 5.22. The molecule has 1 saturated carbocycles. The molecule has 2 aliphatic heterocycles. The predicted octanol–water partition coefficient (Wildman–Crippen LogP) is 1.47. The van der Waals surface area contributed by atoms with Crippen molar-refractivity contribution in [2.24, 2.45) is 17.6 Å². The van der Waals surface area contributed by atoms with Crippen molar-refractivity contribution in [3.63, 3.8) is 0 Å². The van der Waals surface area contributed by atoms with E-state index in [1.807, 2.05) is 0 Å². The van der Waals surface area contributed by atoms with Crippen LogP contribution in [0.1, 0.15) is 5.69 Å². The molecule has 1 aliphatic carbocycles. The molecule has 1 amide bonds. The van der Waals surface area contributed by atoms with Gasteiger partial charge < -0.3 is 10.5 Å². The molecule has 4 heterocycles. The monoisotopic (exact) mass is 502 g/mol. The Morgan fingerprint density at radius 2 is 1.89 bits per heavy atom. The highest BCUT2D eigenvalue weighted by molar-refractivity contribution is 7.91. The van der Waals surface area contributed by atoms with E-state index in [1.54, 1.807) is 12.3 Å². The number of amides is 1. The first-order chi connectivity index (χ1) is 16.7. The largest absolute Gasteiger partial charge is 0.442 e. The Labute approximate surface area is 198 Å². The van der Waals surface area contributed by atoms with Crippen LogP contribution in [0.3, 0.4) is 0 Å². The lowest BCUT2D eigenvalue weighted by Gasteiger charge is -2.17. The van der Waals surface area contributed by atoms with Crippen LogP contribution in [0.15, 0.2) is 42.9 Å². The average Bonchev–Trinajstić information content (AvgIpc) is 3.30. The first-order valence-corrected chi connectivity index (χ1v) is 12.8. The highest BCUT2D eigenvalue weighted by atomic mass is 32.2. The number of hydrogen-bond donors (Lipinski definition) is 1. The van der Waals surface area contributed by atoms with Crippen LogP contribution >= 0.6 is 0 Å². The van der Waals surface area contributed by atoms with Crippen LogP contribution < -0.4 is 10.6 Å². The molecule has 0 spiro atoms. The van der Waals surface area contributed by atoms with Crippen LogP contribution in [0, 0.1) is 23.5 Å². The number of cyclic esters (lactones) is 1. The van der Waals surface area contributed by atoms with E-state index in [2.05, 4.69) is 15.3 Å². The molecule has 6 rings (SSSR count). The third-order valence-electron chi connectivity index (χ3n) is 7.04. The van der Waals surface area contributed by atoms with Crippen LogP contribution in [0.2, 0.25) is 0 Å². The summed E-state index contributed by atoms with van der Waals surface area (Å²) < 4.78 is 60.3. The maximum absolute atomic E-state index is 15.0. The minimum absolute atomic E-state index is 0.0287. The van der Waals surface area contributed by atoms with Gasteiger partial charge in [0.2, 0.25) is 0 Å². The Bertz CT molecular complexity index is 1390. The summed E-state index contributed by atoms with van der Waals surface area (Å²) in [6.07, 6.45) is 3.18. The van der Waals surface area contributed by atoms with Gasteiger partial charge in [0.1, 0.15) is 17.7 Å². The molecule has 2 N–H and O–H groups in total. The summed E-state index contributed by atoms with van der Waals surface area (Å²) in [5, 5.41) is 7.51. The molecule has 1 aromatic carbocycles. The van der Waals surface area contributed by atoms with E-state index in [0.29, 0.717) is 5.69 Å². The van der Waals surface area contributed by atoms with Gasteiger partial charge in [0.25, 0.3) is 0 Å². The zero-order valence-corrected chi connectivity index (χ0v) is 19.0. The van der Waals surface area contributed by atoms with Crippen molar-refractivity contribution in [2.45, 2.75) is 18.2 Å². The van der Waals surface area contributed by atoms with E-state index in [1.165, 1.54) is 23.1 Å². The van der Waals surface area contributed by atoms with E-state index in [4.69, 9.17) is 10.5 Å². The summed E-state index contributed by atoms with van der Waals surface area (Å²) in [6.45, 7) is 0.364. The summed E-state index contributed by atoms with van der Waals surface area (Å²) >= 11 is 0. The van der Waals surface area contributed by atoms with E-state index < -0.39 is 39.2 Å². The van der Waals surface area contributed by atoms with Crippen molar-refractivity contribution in [1.82, 2.24) is 20.0 Å². The number of halogens is 2. The van der Waals surface area contributed by atoms with Crippen molar-refractivity contribution >= 4 is 21.6 Å². The number of sulfone groups is 1. The molecule has 4 atom stereocenters. The molecule has 3 aliphatic rings. The fraction of sp³-hybridized carbons (Fsp3) is 0.364. The number of carbonyl (C=O) groups excluding carboxylic acids is 1. The van der Waals surface area contributed by atoms with Gasteiger partial charge in [0.05, 0.1) is 53.3 Å². The molecule has 0 unspecified atom stereocenters. The van der Waals surface area contributed by atoms with Crippen molar-refractivity contribution in [1.29, 1.82) is 0 Å². The molecular weight excluding hydrogens is 482 g/mol. The number of aromatic nitrogens is 4. The number of nitrogens with zero attached hydrogens (tertiary/aromatic N) is 5. The Balaban J connectivity index is 1.21. The molecule has 3 aromatic rings. The molecule has 2 aromatic heterocycles. The number of pyridine rings is 1. The van der Waals surface area contributed by atoms with Crippen LogP contribution in [0.4, 0.5) is 19.3 Å². The van der Waals surface area contributed by atoms with E-state index in [9.17, 15) is 13.2 Å². The summed E-state index contributed by atoms with van der Waals surface area (Å²) in [5.41, 5.74) is 6.03. The van der Waals surface area contributed by atoms with Crippen LogP contribution in [0.25, 0.3) is 11.1 Å². The van der Waals surface area contributed by atoms with Crippen molar-refractivity contribution in [3.8, 4) is 11.1 Å². The first kappa shape index (κ1) is 22.0. The number of rotatable bonds is 5. The lowest BCUT2D eigenvalue weighted by atomic mass is 10.0. The molecule has 182 valence electrons. The predicted molar refractivity (Wildman–Crippen MR) is 119 cm³/mol. The lowest BCUT2D eigenvalue weighted by Crippen LogP contribution is -2.31. The SMILES string of the molecule is N[C@]1(c2ccc(-c3c(F)cc(N4C[C@H](Cn5ccnn5)OC4=O)cc3F)cn2)[C@@H]2CS(=O)(=O)C[C@@H]21. The standard InChI is InChI=1S/C22H20F2N6O4S/c23-17-5-13(30-9-14(34-21(30)31)8-29-4-3-27-28-29)6-18(24)20(17)12-1-2-19(26-7-12)22(25)15-10-35(32,33)11-16(15)22/h1-7,14-16H,8-11,25H2/t14-,15-,16+,22-/m0/s1. The summed E-state index contributed by atoms with van der Waals surface area (Å²) in [4.78, 5) is 17.8. The third-order valence-corrected chi connectivity index (χ3v) is 8.78. The zero-order valence-electron chi connectivity index (χ0n) is 18.2. The van der Waals surface area contributed by atoms with Gasteiger partial charge in [-0.25, -0.2) is 26.7 Å². The molecule has 10 nitrogen and oxygen atoms in total. The second kappa shape index (κ2) is 7.52. The van der Waals surface area contributed by atoms with Gasteiger partial charge in [-0.15, -0.1) is 5.10 Å². The molecule has 0 bridgehead atoms. The number of ether oxygens (including phenoxy) is 1. The van der Waals surface area contributed by atoms with Gasteiger partial charge >= 0.3 is 6.09 Å². The molecule has 3 fully saturated rings. The van der Waals surface area contributed by atoms with Crippen LogP contribution in [-0.2, 0) is 26.7 Å². The molecule has 2 saturated heterocycles. The van der Waals surface area contributed by atoms with Crippen molar-refractivity contribution < 1.29 is 26.7 Å². The molecule has 35 heavy (non-hydrogen) atoms. The summed E-state index contributed by atoms with van der Waals surface area (Å²) in [6, 6.07) is 5.25. The van der Waals surface area contributed by atoms with Gasteiger partial charge in [0, 0.05) is 29.8 Å². The summed E-state index contributed by atoms with van der Waals surface area (Å²) in [7, 11) is -3.07. The number of hydrogen-bond acceptors (Lipinski definition) is 8. The smallest absolute Gasteiger partial charge is 0.414 e. The minimum Gasteiger partial charge on any atom is -0.442 e. The van der Waals surface area contributed by atoms with Crippen molar-refractivity contribution in [3.05, 3.63) is 60.2 Å². The number of nitrogens with two attached hydrogens (primary N) is 1. The minimum atomic E-state index is -3.07. The number of anilines is 1. The number of benzene rings is 1.